The Morgan fingerprint density at radius 1 is 0.900 bits per heavy atom. The van der Waals surface area contributed by atoms with Gasteiger partial charge in [-0.2, -0.15) is 5.26 Å². The minimum Gasteiger partial charge on any atom is -0.494 e. The summed E-state index contributed by atoms with van der Waals surface area (Å²) in [5, 5.41) is 11.7. The predicted molar refractivity (Wildman–Crippen MR) is 124 cm³/mol. The Kier molecular flexibility index (Phi) is 11.7. The van der Waals surface area contributed by atoms with E-state index in [0.29, 0.717) is 16.3 Å². The third-order valence-electron chi connectivity index (χ3n) is 5.09. The fraction of sp³-hybridized carbons (Fsp3) is 0.520. The van der Waals surface area contributed by atoms with Crippen LogP contribution in [0.4, 0.5) is 0 Å². The van der Waals surface area contributed by atoms with E-state index in [1.807, 2.05) is 12.1 Å². The summed E-state index contributed by atoms with van der Waals surface area (Å²) < 4.78 is 5.76. The van der Waals surface area contributed by atoms with E-state index in [-0.39, 0.29) is 5.91 Å². The van der Waals surface area contributed by atoms with Crippen LogP contribution in [-0.2, 0) is 0 Å². The Morgan fingerprint density at radius 2 is 1.50 bits per heavy atom. The highest BCUT2D eigenvalue weighted by Crippen LogP contribution is 2.15. The summed E-state index contributed by atoms with van der Waals surface area (Å²) in [6.07, 6.45) is 12.3. The molecule has 162 valence electrons. The highest BCUT2D eigenvalue weighted by molar-refractivity contribution is 7.14. The first-order chi connectivity index (χ1) is 14.7. The molecule has 1 amide bonds. The van der Waals surface area contributed by atoms with Crippen LogP contribution in [0.2, 0.25) is 0 Å². The van der Waals surface area contributed by atoms with Gasteiger partial charge in [0.05, 0.1) is 11.5 Å². The van der Waals surface area contributed by atoms with Gasteiger partial charge in [0.2, 0.25) is 0 Å². The van der Waals surface area contributed by atoms with Crippen molar-refractivity contribution in [1.29, 1.82) is 5.26 Å². The molecule has 0 saturated carbocycles. The van der Waals surface area contributed by atoms with Gasteiger partial charge in [-0.25, -0.2) is 0 Å². The van der Waals surface area contributed by atoms with E-state index in [4.69, 9.17) is 10.00 Å². The summed E-state index contributed by atoms with van der Waals surface area (Å²) >= 11 is 1.25. The number of benzene rings is 1. The van der Waals surface area contributed by atoms with Crippen LogP contribution >= 0.6 is 11.3 Å². The van der Waals surface area contributed by atoms with Crippen molar-refractivity contribution in [3.63, 3.8) is 0 Å². The lowest BCUT2D eigenvalue weighted by Gasteiger charge is -2.06. The molecule has 0 atom stereocenters. The van der Waals surface area contributed by atoms with E-state index in [9.17, 15) is 4.79 Å². The van der Waals surface area contributed by atoms with Crippen molar-refractivity contribution in [3.05, 3.63) is 51.7 Å². The summed E-state index contributed by atoms with van der Waals surface area (Å²) in [7, 11) is 0. The van der Waals surface area contributed by atoms with E-state index in [1.54, 1.807) is 12.1 Å². The monoisotopic (exact) mass is 426 g/mol. The molecule has 1 heterocycles. The summed E-state index contributed by atoms with van der Waals surface area (Å²) in [6, 6.07) is 13.7. The van der Waals surface area contributed by atoms with Gasteiger partial charge in [-0.15, -0.1) is 11.3 Å². The third-order valence-corrected chi connectivity index (χ3v) is 6.08. The van der Waals surface area contributed by atoms with Crippen molar-refractivity contribution in [2.45, 2.75) is 71.1 Å². The number of nitrogens with zero attached hydrogens (tertiary/aromatic N) is 1. The number of hydrogen-bond donors (Lipinski definition) is 1. The van der Waals surface area contributed by atoms with Crippen molar-refractivity contribution >= 4 is 17.2 Å². The zero-order valence-corrected chi connectivity index (χ0v) is 18.9. The average molecular weight is 427 g/mol. The van der Waals surface area contributed by atoms with Crippen LogP contribution in [0.15, 0.2) is 36.4 Å². The Labute approximate surface area is 185 Å². The van der Waals surface area contributed by atoms with Gasteiger partial charge in [0.25, 0.3) is 5.91 Å². The SMILES string of the molecule is Cc1ccc(OCCCCCCCCCCCCNC(=O)c2ccc(C#N)s2)cc1. The first-order valence-electron chi connectivity index (χ1n) is 11.2. The van der Waals surface area contributed by atoms with E-state index >= 15 is 0 Å². The summed E-state index contributed by atoms with van der Waals surface area (Å²) in [4.78, 5) is 13.1. The molecule has 4 nitrogen and oxygen atoms in total. The lowest BCUT2D eigenvalue weighted by Crippen LogP contribution is -2.23. The van der Waals surface area contributed by atoms with Gasteiger partial charge in [0, 0.05) is 6.54 Å². The molecular formula is C25H34N2O2S. The molecule has 0 unspecified atom stereocenters. The predicted octanol–water partition coefficient (Wildman–Crippen LogP) is 6.64. The molecule has 0 fully saturated rings. The molecule has 0 spiro atoms. The average Bonchev–Trinajstić information content (AvgIpc) is 3.24. The second-order valence-corrected chi connectivity index (χ2v) is 8.81. The molecule has 0 radical (unpaired) electrons. The standard InChI is InChI=1S/C25H34N2O2S/c1-21-12-14-22(15-13-21)29-19-11-9-7-5-3-2-4-6-8-10-18-27-25(28)24-17-16-23(20-26)30-24/h12-17H,2-11,18-19H2,1H3,(H,27,28). The summed E-state index contributed by atoms with van der Waals surface area (Å²) in [5.74, 6) is 0.908. The second kappa shape index (κ2) is 14.6. The largest absolute Gasteiger partial charge is 0.494 e. The third kappa shape index (κ3) is 9.93. The minimum absolute atomic E-state index is 0.0641. The summed E-state index contributed by atoms with van der Waals surface area (Å²) in [5.41, 5.74) is 1.26. The first kappa shape index (κ1) is 24.0. The van der Waals surface area contributed by atoms with Gasteiger partial charge in [0.1, 0.15) is 16.7 Å². The number of hydrogen-bond acceptors (Lipinski definition) is 4. The quantitative estimate of drug-likeness (QED) is 0.325. The molecule has 1 N–H and O–H groups in total. The molecule has 2 aromatic rings. The molecule has 30 heavy (non-hydrogen) atoms. The van der Waals surface area contributed by atoms with Gasteiger partial charge in [-0.05, 0) is 44.0 Å². The normalized spacial score (nSPS) is 10.5. The number of rotatable bonds is 15. The van der Waals surface area contributed by atoms with Gasteiger partial charge in [-0.3, -0.25) is 4.79 Å². The van der Waals surface area contributed by atoms with Crippen molar-refractivity contribution in [1.82, 2.24) is 5.32 Å². The molecule has 0 aliphatic rings. The second-order valence-electron chi connectivity index (χ2n) is 7.73. The highest BCUT2D eigenvalue weighted by atomic mass is 32.1. The molecular weight excluding hydrogens is 392 g/mol. The van der Waals surface area contributed by atoms with Crippen molar-refractivity contribution in [2.75, 3.05) is 13.2 Å². The van der Waals surface area contributed by atoms with E-state index in [2.05, 4.69) is 30.4 Å². The molecule has 1 aromatic heterocycles. The maximum Gasteiger partial charge on any atom is 0.261 e. The van der Waals surface area contributed by atoms with Gasteiger partial charge < -0.3 is 10.1 Å². The number of carbonyl (C=O) groups excluding carboxylic acids is 1. The Balaban J connectivity index is 1.33. The fourth-order valence-electron chi connectivity index (χ4n) is 3.27. The number of aryl methyl sites for hydroxylation is 1. The molecule has 0 aliphatic heterocycles. The van der Waals surface area contributed by atoms with Crippen LogP contribution in [-0.4, -0.2) is 19.1 Å². The Morgan fingerprint density at radius 3 is 2.10 bits per heavy atom. The van der Waals surface area contributed by atoms with E-state index in [1.165, 1.54) is 61.8 Å². The lowest BCUT2D eigenvalue weighted by atomic mass is 10.1. The van der Waals surface area contributed by atoms with Crippen LogP contribution in [0.5, 0.6) is 5.75 Å². The highest BCUT2D eigenvalue weighted by Gasteiger charge is 2.07. The molecule has 0 aliphatic carbocycles. The van der Waals surface area contributed by atoms with Crippen molar-refractivity contribution < 1.29 is 9.53 Å². The first-order valence-corrected chi connectivity index (χ1v) is 12.0. The van der Waals surface area contributed by atoms with Crippen LogP contribution < -0.4 is 10.1 Å². The van der Waals surface area contributed by atoms with E-state index < -0.39 is 0 Å². The van der Waals surface area contributed by atoms with Crippen molar-refractivity contribution in [2.24, 2.45) is 0 Å². The number of amides is 1. The number of carbonyl (C=O) groups is 1. The maximum absolute atomic E-state index is 11.9. The van der Waals surface area contributed by atoms with Gasteiger partial charge in [0.15, 0.2) is 0 Å². The zero-order chi connectivity index (χ0) is 21.4. The van der Waals surface area contributed by atoms with Crippen molar-refractivity contribution in [3.8, 4) is 11.8 Å². The number of nitrogens with one attached hydrogen (secondary N) is 1. The number of nitriles is 1. The Hall–Kier alpha value is -2.32. The zero-order valence-electron chi connectivity index (χ0n) is 18.1. The molecule has 2 rings (SSSR count). The van der Waals surface area contributed by atoms with Crippen LogP contribution in [0.1, 0.15) is 84.3 Å². The molecule has 1 aromatic carbocycles. The van der Waals surface area contributed by atoms with Gasteiger partial charge in [-0.1, -0.05) is 69.1 Å². The Bertz CT molecular complexity index is 777. The van der Waals surface area contributed by atoms with Crippen LogP contribution in [0.25, 0.3) is 0 Å². The van der Waals surface area contributed by atoms with E-state index in [0.717, 1.165) is 31.6 Å². The molecule has 0 saturated heterocycles. The van der Waals surface area contributed by atoms with Gasteiger partial charge >= 0.3 is 0 Å². The molecule has 0 bridgehead atoms. The topological polar surface area (TPSA) is 62.1 Å². The molecule has 5 heteroatoms. The maximum atomic E-state index is 11.9. The minimum atomic E-state index is -0.0641. The smallest absolute Gasteiger partial charge is 0.261 e. The fourth-order valence-corrected chi connectivity index (χ4v) is 3.99. The number of unbranched alkanes of at least 4 members (excludes halogenated alkanes) is 9. The summed E-state index contributed by atoms with van der Waals surface area (Å²) in [6.45, 7) is 3.61. The number of ether oxygens (including phenoxy) is 1. The number of thiophene rings is 1. The van der Waals surface area contributed by atoms with Crippen LogP contribution in [0, 0.1) is 18.3 Å². The van der Waals surface area contributed by atoms with Crippen LogP contribution in [0.3, 0.4) is 0 Å². The lowest BCUT2D eigenvalue weighted by molar-refractivity contribution is 0.0957.